The number of nitrogens with one attached hydrogen (secondary N) is 1. The number of para-hydroxylation sites is 1. The highest BCUT2D eigenvalue weighted by molar-refractivity contribution is 6.04. The van der Waals surface area contributed by atoms with Crippen molar-refractivity contribution in [3.63, 3.8) is 0 Å². The molecule has 2 rings (SSSR count). The molecule has 2 atom stereocenters. The van der Waals surface area contributed by atoms with Crippen LogP contribution in [0.3, 0.4) is 0 Å². The maximum atomic E-state index is 12.2. The topological polar surface area (TPSA) is 35.6 Å². The van der Waals surface area contributed by atoms with Crippen LogP contribution < -0.4 is 10.2 Å². The number of carbonyl (C=O) groups is 1. The molecule has 0 saturated carbocycles. The van der Waals surface area contributed by atoms with Crippen LogP contribution in [-0.2, 0) is 4.79 Å². The fraction of sp³-hybridized carbons (Fsp3) is 0.500. The normalized spacial score (nSPS) is 20.4. The van der Waals surface area contributed by atoms with Crippen molar-refractivity contribution in [1.29, 1.82) is 0 Å². The zero-order valence-corrected chi connectivity index (χ0v) is 11.5. The van der Waals surface area contributed by atoms with Gasteiger partial charge in [0.1, 0.15) is 6.04 Å². The van der Waals surface area contributed by atoms with E-state index in [2.05, 4.69) is 17.1 Å². The molecule has 2 unspecified atom stereocenters. The summed E-state index contributed by atoms with van der Waals surface area (Å²) in [6, 6.07) is 8.16. The standard InChI is InChI=1S/C14H21N3O/c1-10(16(2)3)9-15-13-11-7-5-6-8-12(11)17(4)14(13)18/h5-8,10,13,15H,9H2,1-4H3. The van der Waals surface area contributed by atoms with Crippen molar-refractivity contribution in [1.82, 2.24) is 10.2 Å². The van der Waals surface area contributed by atoms with E-state index < -0.39 is 0 Å². The molecule has 0 radical (unpaired) electrons. The number of benzene rings is 1. The van der Waals surface area contributed by atoms with Crippen molar-refractivity contribution in [2.24, 2.45) is 0 Å². The average molecular weight is 247 g/mol. The van der Waals surface area contributed by atoms with Gasteiger partial charge in [0.25, 0.3) is 0 Å². The van der Waals surface area contributed by atoms with Crippen molar-refractivity contribution in [2.75, 3.05) is 32.6 Å². The summed E-state index contributed by atoms with van der Waals surface area (Å²) in [5, 5.41) is 3.37. The number of carbonyl (C=O) groups excluding carboxylic acids is 1. The highest BCUT2D eigenvalue weighted by Gasteiger charge is 2.34. The maximum Gasteiger partial charge on any atom is 0.248 e. The molecule has 0 fully saturated rings. The van der Waals surface area contributed by atoms with Crippen LogP contribution in [0, 0.1) is 0 Å². The molecule has 4 heteroatoms. The first-order chi connectivity index (χ1) is 8.52. The van der Waals surface area contributed by atoms with Crippen molar-refractivity contribution in [3.8, 4) is 0 Å². The zero-order chi connectivity index (χ0) is 13.3. The van der Waals surface area contributed by atoms with Crippen molar-refractivity contribution >= 4 is 11.6 Å². The predicted octanol–water partition coefficient (Wildman–Crippen LogP) is 1.24. The Kier molecular flexibility index (Phi) is 3.68. The maximum absolute atomic E-state index is 12.2. The molecule has 1 N–H and O–H groups in total. The number of fused-ring (bicyclic) bond motifs is 1. The summed E-state index contributed by atoms with van der Waals surface area (Å²) in [5.41, 5.74) is 2.09. The number of amides is 1. The van der Waals surface area contributed by atoms with E-state index in [0.717, 1.165) is 17.8 Å². The van der Waals surface area contributed by atoms with Gasteiger partial charge in [-0.3, -0.25) is 4.79 Å². The molecule has 0 bridgehead atoms. The summed E-state index contributed by atoms with van der Waals surface area (Å²) < 4.78 is 0. The third-order valence-electron chi connectivity index (χ3n) is 3.69. The van der Waals surface area contributed by atoms with Gasteiger partial charge in [-0.25, -0.2) is 0 Å². The molecular formula is C14H21N3O. The van der Waals surface area contributed by atoms with E-state index in [4.69, 9.17) is 0 Å². The first kappa shape index (κ1) is 13.1. The van der Waals surface area contributed by atoms with Gasteiger partial charge in [-0.1, -0.05) is 18.2 Å². The molecule has 98 valence electrons. The number of nitrogens with zero attached hydrogens (tertiary/aromatic N) is 2. The summed E-state index contributed by atoms with van der Waals surface area (Å²) in [6.45, 7) is 2.94. The highest BCUT2D eigenvalue weighted by Crippen LogP contribution is 2.34. The SMILES string of the molecule is CC(CNC1C(=O)N(C)c2ccccc21)N(C)C. The second-order valence-electron chi connectivity index (χ2n) is 5.11. The molecule has 1 aliphatic rings. The van der Waals surface area contributed by atoms with Gasteiger partial charge in [-0.05, 0) is 27.1 Å². The molecule has 1 aliphatic heterocycles. The Morgan fingerprint density at radius 1 is 1.39 bits per heavy atom. The highest BCUT2D eigenvalue weighted by atomic mass is 16.2. The average Bonchev–Trinajstić information content (AvgIpc) is 2.60. The van der Waals surface area contributed by atoms with E-state index in [1.54, 1.807) is 4.90 Å². The van der Waals surface area contributed by atoms with E-state index in [1.807, 2.05) is 45.4 Å². The lowest BCUT2D eigenvalue weighted by atomic mass is 10.1. The summed E-state index contributed by atoms with van der Waals surface area (Å²) in [6.07, 6.45) is 0. The minimum Gasteiger partial charge on any atom is -0.313 e. The van der Waals surface area contributed by atoms with Crippen LogP contribution in [-0.4, -0.2) is 44.5 Å². The molecule has 18 heavy (non-hydrogen) atoms. The summed E-state index contributed by atoms with van der Waals surface area (Å²) in [7, 11) is 5.92. The smallest absolute Gasteiger partial charge is 0.248 e. The minimum atomic E-state index is -0.200. The number of anilines is 1. The Balaban J connectivity index is 2.12. The van der Waals surface area contributed by atoms with Gasteiger partial charge in [0, 0.05) is 30.9 Å². The Morgan fingerprint density at radius 3 is 2.72 bits per heavy atom. The lowest BCUT2D eigenvalue weighted by Gasteiger charge is -2.22. The van der Waals surface area contributed by atoms with Crippen LogP contribution in [0.5, 0.6) is 0 Å². The van der Waals surface area contributed by atoms with Gasteiger partial charge in [0.2, 0.25) is 5.91 Å². The van der Waals surface area contributed by atoms with Gasteiger partial charge in [0.05, 0.1) is 0 Å². The van der Waals surface area contributed by atoms with Gasteiger partial charge in [0.15, 0.2) is 0 Å². The molecule has 0 saturated heterocycles. The van der Waals surface area contributed by atoms with Crippen LogP contribution in [0.2, 0.25) is 0 Å². The Morgan fingerprint density at radius 2 is 2.06 bits per heavy atom. The number of hydrogen-bond donors (Lipinski definition) is 1. The largest absolute Gasteiger partial charge is 0.313 e. The molecule has 1 heterocycles. The molecular weight excluding hydrogens is 226 g/mol. The monoisotopic (exact) mass is 247 g/mol. The van der Waals surface area contributed by atoms with Crippen LogP contribution in [0.25, 0.3) is 0 Å². The fourth-order valence-electron chi connectivity index (χ4n) is 2.15. The molecule has 1 aromatic rings. The van der Waals surface area contributed by atoms with Gasteiger partial charge in [-0.2, -0.15) is 0 Å². The van der Waals surface area contributed by atoms with Crippen molar-refractivity contribution in [2.45, 2.75) is 19.0 Å². The lowest BCUT2D eigenvalue weighted by Crippen LogP contribution is -2.40. The van der Waals surface area contributed by atoms with Crippen LogP contribution >= 0.6 is 0 Å². The van der Waals surface area contributed by atoms with Crippen molar-refractivity contribution < 1.29 is 4.79 Å². The summed E-state index contributed by atoms with van der Waals surface area (Å²) in [5.74, 6) is 0.127. The number of hydrogen-bond acceptors (Lipinski definition) is 3. The summed E-state index contributed by atoms with van der Waals surface area (Å²) in [4.78, 5) is 16.1. The lowest BCUT2D eigenvalue weighted by molar-refractivity contribution is -0.119. The van der Waals surface area contributed by atoms with Gasteiger partial charge in [-0.15, -0.1) is 0 Å². The first-order valence-electron chi connectivity index (χ1n) is 6.28. The van der Waals surface area contributed by atoms with E-state index in [0.29, 0.717) is 6.04 Å². The Hall–Kier alpha value is -1.39. The van der Waals surface area contributed by atoms with Crippen LogP contribution in [0.4, 0.5) is 5.69 Å². The van der Waals surface area contributed by atoms with E-state index in [9.17, 15) is 4.79 Å². The van der Waals surface area contributed by atoms with Crippen molar-refractivity contribution in [3.05, 3.63) is 29.8 Å². The number of rotatable bonds is 4. The molecule has 4 nitrogen and oxygen atoms in total. The molecule has 1 amide bonds. The van der Waals surface area contributed by atoms with Gasteiger partial charge < -0.3 is 15.1 Å². The van der Waals surface area contributed by atoms with Crippen LogP contribution in [0.1, 0.15) is 18.5 Å². The molecule has 1 aromatic carbocycles. The fourth-order valence-corrected chi connectivity index (χ4v) is 2.15. The van der Waals surface area contributed by atoms with Crippen LogP contribution in [0.15, 0.2) is 24.3 Å². The minimum absolute atomic E-state index is 0.127. The molecule has 0 aromatic heterocycles. The van der Waals surface area contributed by atoms with Gasteiger partial charge >= 0.3 is 0 Å². The number of likely N-dealkylation sites (N-methyl/N-ethyl adjacent to an activating group) is 2. The molecule has 0 aliphatic carbocycles. The summed E-state index contributed by atoms with van der Waals surface area (Å²) >= 11 is 0. The quantitative estimate of drug-likeness (QED) is 0.869. The van der Waals surface area contributed by atoms with E-state index in [-0.39, 0.29) is 11.9 Å². The first-order valence-corrected chi connectivity index (χ1v) is 6.28. The third kappa shape index (κ3) is 2.26. The zero-order valence-electron chi connectivity index (χ0n) is 11.5. The van der Waals surface area contributed by atoms with E-state index in [1.165, 1.54) is 0 Å². The molecule has 0 spiro atoms. The second kappa shape index (κ2) is 5.08. The Labute approximate surface area is 109 Å². The van der Waals surface area contributed by atoms with E-state index >= 15 is 0 Å². The predicted molar refractivity (Wildman–Crippen MR) is 73.7 cm³/mol. The third-order valence-corrected chi connectivity index (χ3v) is 3.69. The second-order valence-corrected chi connectivity index (χ2v) is 5.11. The Bertz CT molecular complexity index is 444.